The molecule has 2 heterocycles. The number of nitrogens with zero attached hydrogens (tertiary/aromatic N) is 3. The van der Waals surface area contributed by atoms with Crippen molar-refractivity contribution in [2.24, 2.45) is 0 Å². The van der Waals surface area contributed by atoms with Crippen LogP contribution in [0.5, 0.6) is 0 Å². The fraction of sp³-hybridized carbons (Fsp3) is 0.647. The second kappa shape index (κ2) is 7.25. The van der Waals surface area contributed by atoms with Gasteiger partial charge in [0.25, 0.3) is 5.91 Å². The monoisotopic (exact) mass is 348 g/mol. The van der Waals surface area contributed by atoms with Gasteiger partial charge in [-0.1, -0.05) is 12.1 Å². The molecule has 0 radical (unpaired) electrons. The molecule has 136 valence electrons. The molecule has 8 heteroatoms. The van der Waals surface area contributed by atoms with E-state index in [1.165, 1.54) is 9.80 Å². The van der Waals surface area contributed by atoms with Gasteiger partial charge in [0, 0.05) is 25.6 Å². The van der Waals surface area contributed by atoms with Crippen molar-refractivity contribution in [3.8, 4) is 0 Å². The number of nitrogens with one attached hydrogen (secondary N) is 1. The number of imide groups is 1. The topological polar surface area (TPSA) is 95.8 Å². The summed E-state index contributed by atoms with van der Waals surface area (Å²) in [5.74, 6) is 0.396. The van der Waals surface area contributed by atoms with Gasteiger partial charge in [0.1, 0.15) is 17.5 Å². The molecule has 8 nitrogen and oxygen atoms in total. The van der Waals surface area contributed by atoms with E-state index in [1.54, 1.807) is 7.05 Å². The number of hydrogen-bond donors (Lipinski definition) is 1. The fourth-order valence-electron chi connectivity index (χ4n) is 3.37. The summed E-state index contributed by atoms with van der Waals surface area (Å²) in [5.41, 5.74) is 1.91. The van der Waals surface area contributed by atoms with Gasteiger partial charge in [0.05, 0.1) is 13.0 Å². The number of rotatable bonds is 6. The van der Waals surface area contributed by atoms with E-state index in [0.717, 1.165) is 42.7 Å². The lowest BCUT2D eigenvalue weighted by Gasteiger charge is -2.19. The molecular formula is C17H24N4O4. The highest BCUT2D eigenvalue weighted by molar-refractivity contribution is 6.05. The Balaban J connectivity index is 1.59. The summed E-state index contributed by atoms with van der Waals surface area (Å²) < 4.78 is 5.37. The summed E-state index contributed by atoms with van der Waals surface area (Å²) in [5, 5.41) is 6.69. The first kappa shape index (κ1) is 17.4. The summed E-state index contributed by atoms with van der Waals surface area (Å²) in [6.07, 6.45) is 4.69. The number of fused-ring (bicyclic) bond motifs is 1. The molecule has 0 saturated carbocycles. The average molecular weight is 348 g/mol. The maximum absolute atomic E-state index is 12.5. The van der Waals surface area contributed by atoms with Gasteiger partial charge in [-0.05, 0) is 25.7 Å². The Morgan fingerprint density at radius 2 is 2.12 bits per heavy atom. The van der Waals surface area contributed by atoms with Gasteiger partial charge in [0.15, 0.2) is 0 Å². The molecule has 1 aromatic heterocycles. The van der Waals surface area contributed by atoms with Crippen molar-refractivity contribution in [2.75, 3.05) is 13.6 Å². The van der Waals surface area contributed by atoms with E-state index >= 15 is 0 Å². The van der Waals surface area contributed by atoms with Crippen molar-refractivity contribution in [3.05, 3.63) is 17.0 Å². The van der Waals surface area contributed by atoms with E-state index in [2.05, 4.69) is 10.5 Å². The number of aryl methyl sites for hydroxylation is 1. The molecule has 1 aromatic rings. The first-order valence-electron chi connectivity index (χ1n) is 8.83. The van der Waals surface area contributed by atoms with Crippen LogP contribution in [0.15, 0.2) is 4.52 Å². The van der Waals surface area contributed by atoms with Crippen molar-refractivity contribution in [1.82, 2.24) is 20.3 Å². The normalized spacial score (nSPS) is 19.8. The number of urea groups is 1. The van der Waals surface area contributed by atoms with Crippen LogP contribution >= 0.6 is 0 Å². The van der Waals surface area contributed by atoms with E-state index in [1.807, 2.05) is 6.92 Å². The lowest BCUT2D eigenvalue weighted by Crippen LogP contribution is -2.37. The van der Waals surface area contributed by atoms with Crippen molar-refractivity contribution in [2.45, 2.75) is 58.0 Å². The molecule has 0 aromatic carbocycles. The van der Waals surface area contributed by atoms with Crippen molar-refractivity contribution < 1.29 is 18.9 Å². The van der Waals surface area contributed by atoms with E-state index in [9.17, 15) is 14.4 Å². The van der Waals surface area contributed by atoms with E-state index in [-0.39, 0.29) is 18.2 Å². The van der Waals surface area contributed by atoms with Gasteiger partial charge in [-0.25, -0.2) is 4.79 Å². The predicted octanol–water partition coefficient (Wildman–Crippen LogP) is 1.23. The summed E-state index contributed by atoms with van der Waals surface area (Å²) in [6.45, 7) is 2.62. The van der Waals surface area contributed by atoms with Crippen LogP contribution in [-0.4, -0.2) is 52.4 Å². The first-order chi connectivity index (χ1) is 12.0. The Bertz CT molecular complexity index is 684. The smallest absolute Gasteiger partial charge is 0.324 e. The third-order valence-corrected chi connectivity index (χ3v) is 4.78. The minimum Gasteiger partial charge on any atom is -0.361 e. The third kappa shape index (κ3) is 3.52. The number of aromatic nitrogens is 1. The SMILES string of the molecule is CCCN1C(=O)N[C@@H](CC(=O)N(C)Cc2noc3c2CCCC3)C1=O. The van der Waals surface area contributed by atoms with Crippen LogP contribution in [0.2, 0.25) is 0 Å². The second-order valence-corrected chi connectivity index (χ2v) is 6.68. The maximum Gasteiger partial charge on any atom is 0.324 e. The Morgan fingerprint density at radius 1 is 1.36 bits per heavy atom. The van der Waals surface area contributed by atoms with Crippen LogP contribution in [0.3, 0.4) is 0 Å². The van der Waals surface area contributed by atoms with Gasteiger partial charge in [-0.2, -0.15) is 0 Å². The Labute approximate surface area is 146 Å². The van der Waals surface area contributed by atoms with Crippen LogP contribution in [0.4, 0.5) is 4.79 Å². The van der Waals surface area contributed by atoms with Crippen molar-refractivity contribution in [1.29, 1.82) is 0 Å². The Kier molecular flexibility index (Phi) is 5.06. The van der Waals surface area contributed by atoms with Gasteiger partial charge >= 0.3 is 6.03 Å². The number of carbonyl (C=O) groups excluding carboxylic acids is 3. The van der Waals surface area contributed by atoms with E-state index < -0.39 is 12.1 Å². The lowest BCUT2D eigenvalue weighted by atomic mass is 9.96. The first-order valence-corrected chi connectivity index (χ1v) is 8.83. The third-order valence-electron chi connectivity index (χ3n) is 4.78. The van der Waals surface area contributed by atoms with Crippen LogP contribution in [0, 0.1) is 0 Å². The van der Waals surface area contributed by atoms with Crippen LogP contribution in [0.25, 0.3) is 0 Å². The fourth-order valence-corrected chi connectivity index (χ4v) is 3.37. The average Bonchev–Trinajstić information content (AvgIpc) is 3.11. The molecule has 1 fully saturated rings. The Morgan fingerprint density at radius 3 is 2.88 bits per heavy atom. The molecule has 0 spiro atoms. The largest absolute Gasteiger partial charge is 0.361 e. The highest BCUT2D eigenvalue weighted by Gasteiger charge is 2.39. The van der Waals surface area contributed by atoms with Gasteiger partial charge in [0.2, 0.25) is 5.91 Å². The van der Waals surface area contributed by atoms with Gasteiger partial charge in [-0.3, -0.25) is 14.5 Å². The zero-order chi connectivity index (χ0) is 18.0. The molecule has 4 amide bonds. The molecule has 3 rings (SSSR count). The Hall–Kier alpha value is -2.38. The van der Waals surface area contributed by atoms with Crippen molar-refractivity contribution in [3.63, 3.8) is 0 Å². The van der Waals surface area contributed by atoms with Crippen LogP contribution < -0.4 is 5.32 Å². The highest BCUT2D eigenvalue weighted by Crippen LogP contribution is 2.25. The quantitative estimate of drug-likeness (QED) is 0.780. The maximum atomic E-state index is 12.5. The number of amides is 4. The lowest BCUT2D eigenvalue weighted by molar-refractivity contribution is -0.135. The zero-order valence-corrected chi connectivity index (χ0v) is 14.7. The molecule has 2 aliphatic rings. The van der Waals surface area contributed by atoms with Crippen LogP contribution in [0.1, 0.15) is 49.6 Å². The zero-order valence-electron chi connectivity index (χ0n) is 14.7. The van der Waals surface area contributed by atoms with Crippen LogP contribution in [-0.2, 0) is 29.0 Å². The molecule has 1 saturated heterocycles. The number of hydrogen-bond acceptors (Lipinski definition) is 5. The molecule has 1 aliphatic carbocycles. The van der Waals surface area contributed by atoms with Gasteiger partial charge < -0.3 is 14.7 Å². The highest BCUT2D eigenvalue weighted by atomic mass is 16.5. The minimum atomic E-state index is -0.778. The van der Waals surface area contributed by atoms with Gasteiger partial charge in [-0.15, -0.1) is 0 Å². The molecule has 0 bridgehead atoms. The molecule has 1 aliphatic heterocycles. The molecule has 25 heavy (non-hydrogen) atoms. The summed E-state index contributed by atoms with van der Waals surface area (Å²) in [4.78, 5) is 39.2. The summed E-state index contributed by atoms with van der Waals surface area (Å²) >= 11 is 0. The minimum absolute atomic E-state index is 0.0403. The molecule has 1 N–H and O–H groups in total. The standard InChI is InChI=1S/C17H24N4O4/c1-3-8-21-16(23)12(18-17(21)24)9-15(22)20(2)10-13-11-6-4-5-7-14(11)25-19-13/h12H,3-10H2,1-2H3,(H,18,24)/t12-/m0/s1. The van der Waals surface area contributed by atoms with E-state index in [0.29, 0.717) is 19.5 Å². The van der Waals surface area contributed by atoms with E-state index in [4.69, 9.17) is 4.52 Å². The predicted molar refractivity (Wildman–Crippen MR) is 88.6 cm³/mol. The molecular weight excluding hydrogens is 324 g/mol. The second-order valence-electron chi connectivity index (χ2n) is 6.68. The summed E-state index contributed by atoms with van der Waals surface area (Å²) in [6, 6.07) is -1.20. The number of carbonyl (C=O) groups is 3. The molecule has 0 unspecified atom stereocenters. The molecule has 1 atom stereocenters. The van der Waals surface area contributed by atoms with Crippen molar-refractivity contribution >= 4 is 17.8 Å². The summed E-state index contributed by atoms with van der Waals surface area (Å²) in [7, 11) is 1.68.